The number of aliphatic hydroxyl groups is 1. The molecule has 1 atom stereocenters. The van der Waals surface area contributed by atoms with Gasteiger partial charge in [0.15, 0.2) is 0 Å². The van der Waals surface area contributed by atoms with Crippen LogP contribution >= 0.6 is 27.7 Å². The molecule has 1 nitrogen and oxygen atoms in total. The predicted octanol–water partition coefficient (Wildman–Crippen LogP) is 4.48. The highest BCUT2D eigenvalue weighted by Gasteiger charge is 2.21. The molecular formula is C14H19BrOS. The van der Waals surface area contributed by atoms with E-state index < -0.39 is 0 Å². The molecule has 1 N–H and O–H groups in total. The second-order valence-corrected chi connectivity index (χ2v) is 6.62. The molecule has 3 heteroatoms. The highest BCUT2D eigenvalue weighted by Crippen LogP contribution is 2.32. The number of aliphatic hydroxyl groups excluding tert-OH is 1. The van der Waals surface area contributed by atoms with Crippen LogP contribution in [0.4, 0.5) is 0 Å². The standard InChI is InChI=1S/C14H19BrOS/c15-12-8-4-5-9-14(12)17-10-13(16)11-6-2-1-3-7-11/h4-5,8-9,11,13,16H,1-3,6-7,10H2. The van der Waals surface area contributed by atoms with Crippen LogP contribution in [-0.4, -0.2) is 17.0 Å². The second-order valence-electron chi connectivity index (χ2n) is 4.71. The lowest BCUT2D eigenvalue weighted by molar-refractivity contribution is 0.105. The molecule has 0 spiro atoms. The zero-order valence-electron chi connectivity index (χ0n) is 9.94. The Kier molecular flexibility index (Phi) is 5.39. The Bertz CT molecular complexity index is 350. The molecule has 0 amide bonds. The van der Waals surface area contributed by atoms with Crippen LogP contribution in [0.25, 0.3) is 0 Å². The van der Waals surface area contributed by atoms with Gasteiger partial charge in [-0.2, -0.15) is 0 Å². The quantitative estimate of drug-likeness (QED) is 0.827. The fraction of sp³-hybridized carbons (Fsp3) is 0.571. The van der Waals surface area contributed by atoms with E-state index in [0.29, 0.717) is 5.92 Å². The Morgan fingerprint density at radius 1 is 1.24 bits per heavy atom. The van der Waals surface area contributed by atoms with Gasteiger partial charge < -0.3 is 5.11 Å². The highest BCUT2D eigenvalue weighted by molar-refractivity contribution is 9.10. The van der Waals surface area contributed by atoms with Crippen LogP contribution in [0.1, 0.15) is 32.1 Å². The van der Waals surface area contributed by atoms with Gasteiger partial charge in [0.05, 0.1) is 6.10 Å². The van der Waals surface area contributed by atoms with Crippen LogP contribution in [0.5, 0.6) is 0 Å². The Hall–Kier alpha value is 0.01000. The maximum atomic E-state index is 10.2. The van der Waals surface area contributed by atoms with Crippen molar-refractivity contribution in [2.24, 2.45) is 5.92 Å². The average Bonchev–Trinajstić information content (AvgIpc) is 2.38. The van der Waals surface area contributed by atoms with Crippen LogP contribution < -0.4 is 0 Å². The van der Waals surface area contributed by atoms with Crippen molar-refractivity contribution in [3.05, 3.63) is 28.7 Å². The van der Waals surface area contributed by atoms with Crippen LogP contribution in [0.2, 0.25) is 0 Å². The summed E-state index contributed by atoms with van der Waals surface area (Å²) in [6.45, 7) is 0. The molecule has 1 fully saturated rings. The van der Waals surface area contributed by atoms with Crippen molar-refractivity contribution < 1.29 is 5.11 Å². The molecule has 0 heterocycles. The third-order valence-electron chi connectivity index (χ3n) is 3.44. The van der Waals surface area contributed by atoms with Crippen molar-refractivity contribution in [1.29, 1.82) is 0 Å². The number of thioether (sulfide) groups is 1. The summed E-state index contributed by atoms with van der Waals surface area (Å²) in [4.78, 5) is 1.22. The molecule has 0 radical (unpaired) electrons. The Labute approximate surface area is 116 Å². The molecule has 1 aromatic rings. The van der Waals surface area contributed by atoms with E-state index in [-0.39, 0.29) is 6.10 Å². The molecule has 1 aliphatic carbocycles. The third-order valence-corrected chi connectivity index (χ3v) is 5.57. The van der Waals surface area contributed by atoms with E-state index in [1.807, 2.05) is 12.1 Å². The van der Waals surface area contributed by atoms with Gasteiger partial charge in [-0.1, -0.05) is 31.4 Å². The molecule has 0 aromatic heterocycles. The Morgan fingerprint density at radius 3 is 2.65 bits per heavy atom. The summed E-state index contributed by atoms with van der Waals surface area (Å²) in [5.74, 6) is 1.34. The van der Waals surface area contributed by atoms with E-state index in [9.17, 15) is 5.11 Å². The van der Waals surface area contributed by atoms with Gasteiger partial charge in [0.2, 0.25) is 0 Å². The number of hydrogen-bond donors (Lipinski definition) is 1. The van der Waals surface area contributed by atoms with E-state index >= 15 is 0 Å². The van der Waals surface area contributed by atoms with Gasteiger partial charge in [-0.05, 0) is 46.8 Å². The first-order chi connectivity index (χ1) is 8.27. The highest BCUT2D eigenvalue weighted by atomic mass is 79.9. The summed E-state index contributed by atoms with van der Waals surface area (Å²) in [5.41, 5.74) is 0. The van der Waals surface area contributed by atoms with Crippen molar-refractivity contribution in [3.63, 3.8) is 0 Å². The predicted molar refractivity (Wildman–Crippen MR) is 77.4 cm³/mol. The van der Waals surface area contributed by atoms with E-state index in [1.165, 1.54) is 37.0 Å². The lowest BCUT2D eigenvalue weighted by Gasteiger charge is -2.26. The first-order valence-corrected chi connectivity index (χ1v) is 8.10. The number of hydrogen-bond acceptors (Lipinski definition) is 2. The topological polar surface area (TPSA) is 20.2 Å². The van der Waals surface area contributed by atoms with Gasteiger partial charge >= 0.3 is 0 Å². The second kappa shape index (κ2) is 6.81. The van der Waals surface area contributed by atoms with Crippen LogP contribution in [0.3, 0.4) is 0 Å². The molecule has 0 aliphatic heterocycles. The van der Waals surface area contributed by atoms with Crippen molar-refractivity contribution in [2.75, 3.05) is 5.75 Å². The average molecular weight is 315 g/mol. The first-order valence-electron chi connectivity index (χ1n) is 6.33. The summed E-state index contributed by atoms with van der Waals surface area (Å²) in [5, 5.41) is 10.2. The monoisotopic (exact) mass is 314 g/mol. The molecule has 0 saturated heterocycles. The largest absolute Gasteiger partial charge is 0.392 e. The van der Waals surface area contributed by atoms with Gasteiger partial charge in [-0.25, -0.2) is 0 Å². The van der Waals surface area contributed by atoms with E-state index in [0.717, 1.165) is 10.2 Å². The minimum atomic E-state index is -0.146. The zero-order valence-corrected chi connectivity index (χ0v) is 12.3. The Balaban J connectivity index is 1.83. The minimum Gasteiger partial charge on any atom is -0.392 e. The molecule has 1 aliphatic rings. The van der Waals surface area contributed by atoms with Crippen LogP contribution in [-0.2, 0) is 0 Å². The molecule has 2 rings (SSSR count). The summed E-state index contributed by atoms with van der Waals surface area (Å²) in [7, 11) is 0. The van der Waals surface area contributed by atoms with Gasteiger partial charge in [0, 0.05) is 15.1 Å². The van der Waals surface area contributed by atoms with Gasteiger partial charge in [-0.3, -0.25) is 0 Å². The fourth-order valence-electron chi connectivity index (χ4n) is 2.39. The van der Waals surface area contributed by atoms with E-state index in [4.69, 9.17) is 0 Å². The lowest BCUT2D eigenvalue weighted by atomic mass is 9.86. The van der Waals surface area contributed by atoms with Crippen LogP contribution in [0.15, 0.2) is 33.6 Å². The number of halogens is 1. The van der Waals surface area contributed by atoms with E-state index in [1.54, 1.807) is 11.8 Å². The fourth-order valence-corrected chi connectivity index (χ4v) is 4.02. The molecule has 94 valence electrons. The summed E-state index contributed by atoms with van der Waals surface area (Å²) < 4.78 is 1.13. The minimum absolute atomic E-state index is 0.146. The number of rotatable bonds is 4. The van der Waals surface area contributed by atoms with Gasteiger partial charge in [-0.15, -0.1) is 11.8 Å². The maximum absolute atomic E-state index is 10.2. The summed E-state index contributed by atoms with van der Waals surface area (Å²) in [6, 6.07) is 8.21. The Morgan fingerprint density at radius 2 is 1.94 bits per heavy atom. The van der Waals surface area contributed by atoms with Crippen molar-refractivity contribution in [2.45, 2.75) is 43.1 Å². The first kappa shape index (κ1) is 13.4. The zero-order chi connectivity index (χ0) is 12.1. The molecule has 1 unspecified atom stereocenters. The molecule has 1 saturated carbocycles. The molecular weight excluding hydrogens is 296 g/mol. The van der Waals surface area contributed by atoms with Crippen molar-refractivity contribution in [1.82, 2.24) is 0 Å². The SMILES string of the molecule is OC(CSc1ccccc1Br)C1CCCCC1. The van der Waals surface area contributed by atoms with Gasteiger partial charge in [0.1, 0.15) is 0 Å². The van der Waals surface area contributed by atoms with Crippen molar-refractivity contribution in [3.8, 4) is 0 Å². The van der Waals surface area contributed by atoms with E-state index in [2.05, 4.69) is 28.1 Å². The lowest BCUT2D eigenvalue weighted by Crippen LogP contribution is -2.24. The maximum Gasteiger partial charge on any atom is 0.0662 e. The van der Waals surface area contributed by atoms with Gasteiger partial charge in [0.25, 0.3) is 0 Å². The summed E-state index contributed by atoms with van der Waals surface area (Å²) in [6.07, 6.45) is 6.20. The molecule has 0 bridgehead atoms. The normalized spacial score (nSPS) is 19.2. The third kappa shape index (κ3) is 4.01. The van der Waals surface area contributed by atoms with Crippen LogP contribution in [0, 0.1) is 5.92 Å². The smallest absolute Gasteiger partial charge is 0.0662 e. The van der Waals surface area contributed by atoms with Crippen molar-refractivity contribution >= 4 is 27.7 Å². The number of benzene rings is 1. The summed E-state index contributed by atoms with van der Waals surface area (Å²) >= 11 is 5.29. The molecule has 17 heavy (non-hydrogen) atoms. The molecule has 1 aromatic carbocycles.